The van der Waals surface area contributed by atoms with E-state index in [-0.39, 0.29) is 12.4 Å². The summed E-state index contributed by atoms with van der Waals surface area (Å²) in [5, 5.41) is 0. The molecule has 1 atom stereocenters. The Kier molecular flexibility index (Phi) is 4.72. The summed E-state index contributed by atoms with van der Waals surface area (Å²) in [6.07, 6.45) is -3.74. The molecule has 23 heavy (non-hydrogen) atoms. The number of hydrogen-bond donors (Lipinski definition) is 0. The van der Waals surface area contributed by atoms with Crippen molar-refractivity contribution in [1.29, 1.82) is 0 Å². The van der Waals surface area contributed by atoms with Crippen molar-refractivity contribution in [2.75, 3.05) is 13.1 Å². The summed E-state index contributed by atoms with van der Waals surface area (Å²) in [4.78, 5) is 17.2. The molecule has 1 fully saturated rings. The molecule has 2 rings (SSSR count). The maximum atomic E-state index is 12.7. The van der Waals surface area contributed by atoms with E-state index in [0.717, 1.165) is 18.3 Å². The zero-order valence-electron chi connectivity index (χ0n) is 13.2. The summed E-state index contributed by atoms with van der Waals surface area (Å²) < 4.78 is 48.7. The van der Waals surface area contributed by atoms with Crippen LogP contribution in [0.15, 0.2) is 18.3 Å². The van der Waals surface area contributed by atoms with E-state index >= 15 is 0 Å². The maximum Gasteiger partial charge on any atom is 0.416 e. The summed E-state index contributed by atoms with van der Waals surface area (Å²) in [7, 11) is 0. The molecule has 1 amide bonds. The van der Waals surface area contributed by atoms with Gasteiger partial charge in [-0.05, 0) is 26.8 Å². The first-order valence-electron chi connectivity index (χ1n) is 7.22. The molecule has 0 aliphatic carbocycles. The van der Waals surface area contributed by atoms with E-state index in [1.165, 1.54) is 4.90 Å². The molecule has 5 nitrogen and oxygen atoms in total. The van der Waals surface area contributed by atoms with Gasteiger partial charge in [0.15, 0.2) is 0 Å². The number of ether oxygens (including phenoxy) is 2. The summed E-state index contributed by atoms with van der Waals surface area (Å²) >= 11 is 0. The molecule has 1 aromatic heterocycles. The molecule has 1 saturated heterocycles. The summed E-state index contributed by atoms with van der Waals surface area (Å²) in [5.74, 6) is -0.101. The van der Waals surface area contributed by atoms with Gasteiger partial charge in [-0.3, -0.25) is 0 Å². The van der Waals surface area contributed by atoms with Crippen LogP contribution in [-0.2, 0) is 10.9 Å². The Hall–Kier alpha value is -1.99. The van der Waals surface area contributed by atoms with Gasteiger partial charge in [0.1, 0.15) is 11.7 Å². The fourth-order valence-corrected chi connectivity index (χ4v) is 2.14. The molecule has 8 heteroatoms. The van der Waals surface area contributed by atoms with Crippen molar-refractivity contribution in [2.24, 2.45) is 0 Å². The van der Waals surface area contributed by atoms with Crippen LogP contribution in [0.1, 0.15) is 32.8 Å². The predicted octanol–water partition coefficient (Wildman–Crippen LogP) is 3.49. The monoisotopic (exact) mass is 332 g/mol. The van der Waals surface area contributed by atoms with E-state index < -0.39 is 29.5 Å². The van der Waals surface area contributed by atoms with Crippen LogP contribution in [0.25, 0.3) is 0 Å². The Morgan fingerprint density at radius 3 is 2.65 bits per heavy atom. The Bertz CT molecular complexity index is 570. The second kappa shape index (κ2) is 6.25. The number of rotatable bonds is 2. The molecule has 2 heterocycles. The highest BCUT2D eigenvalue weighted by Gasteiger charge is 2.33. The summed E-state index contributed by atoms with van der Waals surface area (Å²) in [6.45, 7) is 5.98. The van der Waals surface area contributed by atoms with Crippen LogP contribution in [0.2, 0.25) is 0 Å². The molecule has 0 bridgehead atoms. The number of alkyl halides is 3. The van der Waals surface area contributed by atoms with Crippen molar-refractivity contribution in [1.82, 2.24) is 9.88 Å². The zero-order chi connectivity index (χ0) is 17.3. The van der Waals surface area contributed by atoms with Gasteiger partial charge in [0.2, 0.25) is 5.88 Å². The number of likely N-dealkylation sites (tertiary alicyclic amines) is 1. The molecule has 1 aromatic rings. The van der Waals surface area contributed by atoms with Crippen molar-refractivity contribution in [3.8, 4) is 5.88 Å². The molecule has 0 radical (unpaired) electrons. The van der Waals surface area contributed by atoms with Gasteiger partial charge in [0.25, 0.3) is 0 Å². The SMILES string of the molecule is CC(C)(C)OC(=O)N1CC[C@@H](Oc2cc(C(F)(F)F)ccn2)C1. The number of amides is 1. The smallest absolute Gasteiger partial charge is 0.416 e. The summed E-state index contributed by atoms with van der Waals surface area (Å²) in [5.41, 5.74) is -1.41. The highest BCUT2D eigenvalue weighted by molar-refractivity contribution is 5.68. The molecular formula is C15H19F3N2O3. The predicted molar refractivity (Wildman–Crippen MR) is 76.1 cm³/mol. The van der Waals surface area contributed by atoms with Gasteiger partial charge in [-0.25, -0.2) is 9.78 Å². The topological polar surface area (TPSA) is 51.7 Å². The molecule has 128 valence electrons. The molecule has 0 saturated carbocycles. The molecule has 0 unspecified atom stereocenters. The molecule has 0 aromatic carbocycles. The van der Waals surface area contributed by atoms with Gasteiger partial charge < -0.3 is 14.4 Å². The molecule has 1 aliphatic rings. The molecule has 1 aliphatic heterocycles. The number of halogens is 3. The lowest BCUT2D eigenvalue weighted by atomic mass is 10.2. The minimum Gasteiger partial charge on any atom is -0.472 e. The Morgan fingerprint density at radius 2 is 2.04 bits per heavy atom. The van der Waals surface area contributed by atoms with Crippen molar-refractivity contribution < 1.29 is 27.4 Å². The Balaban J connectivity index is 1.95. The largest absolute Gasteiger partial charge is 0.472 e. The number of carbonyl (C=O) groups is 1. The Morgan fingerprint density at radius 1 is 1.35 bits per heavy atom. The van der Waals surface area contributed by atoms with Gasteiger partial charge in [0.05, 0.1) is 12.1 Å². The highest BCUT2D eigenvalue weighted by atomic mass is 19.4. The first-order chi connectivity index (χ1) is 10.5. The van der Waals surface area contributed by atoms with Crippen LogP contribution in [-0.4, -0.2) is 40.8 Å². The summed E-state index contributed by atoms with van der Waals surface area (Å²) in [6, 6.07) is 1.74. The molecular weight excluding hydrogens is 313 g/mol. The van der Waals surface area contributed by atoms with Crippen LogP contribution < -0.4 is 4.74 Å². The van der Waals surface area contributed by atoms with Crippen LogP contribution in [0.4, 0.5) is 18.0 Å². The van der Waals surface area contributed by atoms with Gasteiger partial charge >= 0.3 is 12.3 Å². The van der Waals surface area contributed by atoms with Gasteiger partial charge in [0, 0.05) is 25.2 Å². The average molecular weight is 332 g/mol. The third kappa shape index (κ3) is 5.01. The van der Waals surface area contributed by atoms with Crippen LogP contribution in [0, 0.1) is 0 Å². The third-order valence-electron chi connectivity index (χ3n) is 3.15. The molecule has 0 N–H and O–H groups in total. The van der Waals surface area contributed by atoms with Gasteiger partial charge in [-0.2, -0.15) is 13.2 Å². The van der Waals surface area contributed by atoms with E-state index in [2.05, 4.69) is 4.98 Å². The van der Waals surface area contributed by atoms with E-state index in [0.29, 0.717) is 13.0 Å². The lowest BCUT2D eigenvalue weighted by Crippen LogP contribution is -2.36. The zero-order valence-corrected chi connectivity index (χ0v) is 13.2. The van der Waals surface area contributed by atoms with Crippen molar-refractivity contribution in [3.63, 3.8) is 0 Å². The number of aromatic nitrogens is 1. The molecule has 0 spiro atoms. The van der Waals surface area contributed by atoms with E-state index in [4.69, 9.17) is 9.47 Å². The van der Waals surface area contributed by atoms with Gasteiger partial charge in [-0.1, -0.05) is 0 Å². The maximum absolute atomic E-state index is 12.7. The standard InChI is InChI=1S/C15H19F3N2O3/c1-14(2,3)23-13(21)20-7-5-11(9-20)22-12-8-10(4-6-19-12)15(16,17)18/h4,6,8,11H,5,7,9H2,1-3H3/t11-/m1/s1. The van der Waals surface area contributed by atoms with Crippen LogP contribution >= 0.6 is 0 Å². The number of nitrogens with zero attached hydrogens (tertiary/aromatic N) is 2. The second-order valence-corrected chi connectivity index (χ2v) is 6.34. The quantitative estimate of drug-likeness (QED) is 0.832. The number of carbonyl (C=O) groups excluding carboxylic acids is 1. The fraction of sp³-hybridized carbons (Fsp3) is 0.600. The van der Waals surface area contributed by atoms with E-state index in [9.17, 15) is 18.0 Å². The lowest BCUT2D eigenvalue weighted by Gasteiger charge is -2.24. The third-order valence-corrected chi connectivity index (χ3v) is 3.15. The Labute approximate surface area is 132 Å². The fourth-order valence-electron chi connectivity index (χ4n) is 2.14. The van der Waals surface area contributed by atoms with Crippen molar-refractivity contribution in [2.45, 2.75) is 45.1 Å². The normalized spacial score (nSPS) is 18.9. The van der Waals surface area contributed by atoms with E-state index in [1.54, 1.807) is 20.8 Å². The van der Waals surface area contributed by atoms with Crippen molar-refractivity contribution in [3.05, 3.63) is 23.9 Å². The van der Waals surface area contributed by atoms with Gasteiger partial charge in [-0.15, -0.1) is 0 Å². The number of pyridine rings is 1. The minimum atomic E-state index is -4.45. The highest BCUT2D eigenvalue weighted by Crippen LogP contribution is 2.31. The lowest BCUT2D eigenvalue weighted by molar-refractivity contribution is -0.137. The average Bonchev–Trinajstić information content (AvgIpc) is 2.85. The minimum absolute atomic E-state index is 0.101. The second-order valence-electron chi connectivity index (χ2n) is 6.34. The number of hydrogen-bond acceptors (Lipinski definition) is 4. The first kappa shape index (κ1) is 17.4. The van der Waals surface area contributed by atoms with Crippen molar-refractivity contribution >= 4 is 6.09 Å². The van der Waals surface area contributed by atoms with Crippen LogP contribution in [0.5, 0.6) is 5.88 Å². The van der Waals surface area contributed by atoms with Crippen LogP contribution in [0.3, 0.4) is 0 Å². The first-order valence-corrected chi connectivity index (χ1v) is 7.22. The van der Waals surface area contributed by atoms with E-state index in [1.807, 2.05) is 0 Å².